The minimum atomic E-state index is -0.440. The summed E-state index contributed by atoms with van der Waals surface area (Å²) in [7, 11) is 0. The predicted octanol–water partition coefficient (Wildman–Crippen LogP) is 3.34. The van der Waals surface area contributed by atoms with Crippen LogP contribution in [0.25, 0.3) is 0 Å². The van der Waals surface area contributed by atoms with Gasteiger partial charge in [-0.2, -0.15) is 10.2 Å². The van der Waals surface area contributed by atoms with E-state index in [-0.39, 0.29) is 6.04 Å². The quantitative estimate of drug-likeness (QED) is 0.864. The number of para-hydroxylation sites is 1. The molecule has 110 valence electrons. The summed E-state index contributed by atoms with van der Waals surface area (Å²) in [5.74, 6) is -0.440. The second-order valence-corrected chi connectivity index (χ2v) is 5.88. The number of carbonyl (C=O) groups excluding carboxylic acids is 1. The number of carbonyl (C=O) groups is 1. The molecule has 1 aromatic carbocycles. The molecule has 2 aliphatic rings. The van der Waals surface area contributed by atoms with Crippen molar-refractivity contribution in [1.82, 2.24) is 5.59 Å². The standard InChI is InChI=1S/C15H12N4O2S/c20-15-14(19(18-21-15)10-5-2-1-3-6-10)12-9-11(16-17-12)13-7-4-8-22-13/h1-8,11,18H,9H2/b14-12-. The summed E-state index contributed by atoms with van der Waals surface area (Å²) in [6.45, 7) is 0. The van der Waals surface area contributed by atoms with E-state index in [1.165, 1.54) is 0 Å². The third kappa shape index (κ3) is 2.20. The highest BCUT2D eigenvalue weighted by Gasteiger charge is 2.35. The van der Waals surface area contributed by atoms with Gasteiger partial charge in [-0.3, -0.25) is 0 Å². The van der Waals surface area contributed by atoms with Crippen LogP contribution in [0.5, 0.6) is 0 Å². The van der Waals surface area contributed by atoms with Crippen LogP contribution in [-0.4, -0.2) is 5.97 Å². The lowest BCUT2D eigenvalue weighted by Crippen LogP contribution is -2.29. The van der Waals surface area contributed by atoms with Crippen LogP contribution in [0, 0.1) is 0 Å². The molecule has 2 aromatic rings. The summed E-state index contributed by atoms with van der Waals surface area (Å²) in [6, 6.07) is 13.5. The number of azo groups is 1. The lowest BCUT2D eigenvalue weighted by Gasteiger charge is -2.15. The van der Waals surface area contributed by atoms with Gasteiger partial charge in [0.25, 0.3) is 0 Å². The van der Waals surface area contributed by atoms with E-state index >= 15 is 0 Å². The molecule has 1 unspecified atom stereocenters. The van der Waals surface area contributed by atoms with Gasteiger partial charge in [-0.15, -0.1) is 11.3 Å². The lowest BCUT2D eigenvalue weighted by molar-refractivity contribution is -0.140. The van der Waals surface area contributed by atoms with Crippen molar-refractivity contribution < 1.29 is 9.63 Å². The molecule has 0 saturated carbocycles. The lowest BCUT2D eigenvalue weighted by atomic mass is 10.1. The smallest absolute Gasteiger partial charge is 0.345 e. The maximum absolute atomic E-state index is 12.1. The Balaban J connectivity index is 1.68. The van der Waals surface area contributed by atoms with Gasteiger partial charge in [0.1, 0.15) is 6.04 Å². The van der Waals surface area contributed by atoms with Crippen molar-refractivity contribution in [2.45, 2.75) is 12.5 Å². The molecular formula is C15H12N4O2S. The van der Waals surface area contributed by atoms with Crippen molar-refractivity contribution >= 4 is 23.0 Å². The normalized spacial score (nSPS) is 24.1. The Bertz CT molecular complexity index is 755. The first-order chi connectivity index (χ1) is 10.8. The average Bonchev–Trinajstić information content (AvgIpc) is 3.27. The van der Waals surface area contributed by atoms with Gasteiger partial charge in [0.2, 0.25) is 0 Å². The Kier molecular flexibility index (Phi) is 3.21. The van der Waals surface area contributed by atoms with Gasteiger partial charge in [-0.25, -0.2) is 9.80 Å². The molecule has 7 heteroatoms. The summed E-state index contributed by atoms with van der Waals surface area (Å²) in [5.41, 5.74) is 4.47. The summed E-state index contributed by atoms with van der Waals surface area (Å²) >= 11 is 1.64. The molecule has 1 N–H and O–H groups in total. The number of rotatable bonds is 2. The molecule has 1 atom stereocenters. The molecule has 2 aliphatic heterocycles. The molecule has 22 heavy (non-hydrogen) atoms. The van der Waals surface area contributed by atoms with E-state index in [2.05, 4.69) is 15.8 Å². The Morgan fingerprint density at radius 3 is 2.86 bits per heavy atom. The van der Waals surface area contributed by atoms with E-state index in [0.717, 1.165) is 10.6 Å². The van der Waals surface area contributed by atoms with Gasteiger partial charge in [0.15, 0.2) is 5.70 Å². The van der Waals surface area contributed by atoms with Crippen molar-refractivity contribution in [1.29, 1.82) is 0 Å². The van der Waals surface area contributed by atoms with Crippen LogP contribution in [0.3, 0.4) is 0 Å². The molecule has 3 heterocycles. The van der Waals surface area contributed by atoms with E-state index in [4.69, 9.17) is 4.84 Å². The molecule has 0 amide bonds. The number of anilines is 1. The number of hydrogen-bond donors (Lipinski definition) is 1. The Morgan fingerprint density at radius 2 is 2.09 bits per heavy atom. The largest absolute Gasteiger partial charge is 0.378 e. The van der Waals surface area contributed by atoms with Crippen molar-refractivity contribution in [3.8, 4) is 0 Å². The highest BCUT2D eigenvalue weighted by molar-refractivity contribution is 7.10. The van der Waals surface area contributed by atoms with Crippen LogP contribution < -0.4 is 10.6 Å². The van der Waals surface area contributed by atoms with Crippen molar-refractivity contribution in [3.63, 3.8) is 0 Å². The van der Waals surface area contributed by atoms with Gasteiger partial charge in [-0.1, -0.05) is 29.9 Å². The van der Waals surface area contributed by atoms with Gasteiger partial charge in [0.05, 0.1) is 11.4 Å². The summed E-state index contributed by atoms with van der Waals surface area (Å²) in [6.07, 6.45) is 0.593. The number of hydrazine groups is 1. The third-order valence-corrected chi connectivity index (χ3v) is 4.48. The molecule has 1 saturated heterocycles. The summed E-state index contributed by atoms with van der Waals surface area (Å²) < 4.78 is 0. The van der Waals surface area contributed by atoms with Crippen LogP contribution in [-0.2, 0) is 9.63 Å². The number of nitrogens with one attached hydrogen (secondary N) is 1. The number of benzene rings is 1. The Labute approximate surface area is 130 Å². The monoisotopic (exact) mass is 312 g/mol. The first kappa shape index (κ1) is 13.2. The Hall–Kier alpha value is -2.51. The van der Waals surface area contributed by atoms with Crippen LogP contribution in [0.2, 0.25) is 0 Å². The molecule has 6 nitrogen and oxygen atoms in total. The number of hydrogen-bond acceptors (Lipinski definition) is 7. The van der Waals surface area contributed by atoms with Crippen molar-refractivity contribution in [2.24, 2.45) is 10.2 Å². The maximum atomic E-state index is 12.1. The molecule has 0 radical (unpaired) electrons. The van der Waals surface area contributed by atoms with E-state index in [1.807, 2.05) is 47.8 Å². The number of nitrogens with zero attached hydrogens (tertiary/aromatic N) is 3. The van der Waals surface area contributed by atoms with Gasteiger partial charge in [0, 0.05) is 11.3 Å². The molecule has 0 bridgehead atoms. The molecule has 1 fully saturated rings. The fourth-order valence-electron chi connectivity index (χ4n) is 2.46. The van der Waals surface area contributed by atoms with Gasteiger partial charge in [-0.05, 0) is 23.6 Å². The highest BCUT2D eigenvalue weighted by atomic mass is 32.1. The first-order valence-corrected chi connectivity index (χ1v) is 7.70. The second-order valence-electron chi connectivity index (χ2n) is 4.90. The topological polar surface area (TPSA) is 66.3 Å². The number of thiophene rings is 1. The van der Waals surface area contributed by atoms with E-state index < -0.39 is 5.97 Å². The van der Waals surface area contributed by atoms with E-state index in [9.17, 15) is 4.79 Å². The van der Waals surface area contributed by atoms with Crippen LogP contribution in [0.4, 0.5) is 5.69 Å². The van der Waals surface area contributed by atoms with Gasteiger partial charge < -0.3 is 4.84 Å². The molecular weight excluding hydrogens is 300 g/mol. The van der Waals surface area contributed by atoms with Crippen molar-refractivity contribution in [3.05, 3.63) is 64.1 Å². The zero-order valence-electron chi connectivity index (χ0n) is 11.5. The van der Waals surface area contributed by atoms with Crippen LogP contribution in [0.15, 0.2) is 69.5 Å². The fraction of sp³-hybridized carbons (Fsp3) is 0.133. The van der Waals surface area contributed by atoms with E-state index in [1.54, 1.807) is 16.3 Å². The second kappa shape index (κ2) is 5.36. The minimum Gasteiger partial charge on any atom is -0.345 e. The molecule has 4 rings (SSSR count). The first-order valence-electron chi connectivity index (χ1n) is 6.82. The molecule has 0 aliphatic carbocycles. The minimum absolute atomic E-state index is 0.0199. The predicted molar refractivity (Wildman–Crippen MR) is 81.7 cm³/mol. The van der Waals surface area contributed by atoms with E-state index in [0.29, 0.717) is 17.8 Å². The van der Waals surface area contributed by atoms with Crippen molar-refractivity contribution in [2.75, 3.05) is 5.01 Å². The highest BCUT2D eigenvalue weighted by Crippen LogP contribution is 2.38. The fourth-order valence-corrected chi connectivity index (χ4v) is 3.22. The van der Waals surface area contributed by atoms with Gasteiger partial charge >= 0.3 is 5.97 Å². The summed E-state index contributed by atoms with van der Waals surface area (Å²) in [4.78, 5) is 18.1. The third-order valence-electron chi connectivity index (χ3n) is 3.51. The average molecular weight is 312 g/mol. The SMILES string of the molecule is O=C1ONN(c2ccccc2)/C1=C1/CC(c2cccs2)N=N1. The zero-order valence-corrected chi connectivity index (χ0v) is 12.3. The maximum Gasteiger partial charge on any atom is 0.378 e. The van der Waals surface area contributed by atoms with Crippen LogP contribution >= 0.6 is 11.3 Å². The molecule has 0 spiro atoms. The summed E-state index contributed by atoms with van der Waals surface area (Å²) in [5, 5.41) is 12.1. The zero-order chi connectivity index (χ0) is 14.9. The molecule has 1 aromatic heterocycles. The van der Waals surface area contributed by atoms with Crippen LogP contribution in [0.1, 0.15) is 17.3 Å². The Morgan fingerprint density at radius 1 is 1.23 bits per heavy atom.